The molecule has 0 saturated carbocycles. The lowest BCUT2D eigenvalue weighted by Crippen LogP contribution is -2.29. The number of nitroso groups, excluding NO2 is 1. The fourth-order valence-electron chi connectivity index (χ4n) is 4.31. The van der Waals surface area contributed by atoms with Crippen molar-refractivity contribution in [2.24, 2.45) is 5.18 Å². The smallest absolute Gasteiger partial charge is 0.322 e. The molecule has 0 spiro atoms. The standard InChI is InChI=1S/C22H23N3O6/c1-2-14-8-13-9-20(31-7-6-24-5-3-4-21(24)28)19(27)10-15(13)17-11-18(26)16(12-25(14)17)22(29)23-30/h9-12,14,27H,2-8H2,1H3. The molecule has 1 N–H and O–H groups in total. The van der Waals surface area contributed by atoms with Crippen LogP contribution >= 0.6 is 0 Å². The quantitative estimate of drug-likeness (QED) is 0.711. The summed E-state index contributed by atoms with van der Waals surface area (Å²) in [5, 5.41) is 12.9. The highest BCUT2D eigenvalue weighted by molar-refractivity contribution is 5.94. The number of carbonyl (C=O) groups is 2. The highest BCUT2D eigenvalue weighted by atomic mass is 16.5. The molecule has 0 aliphatic carbocycles. The molecule has 1 unspecified atom stereocenters. The van der Waals surface area contributed by atoms with E-state index in [0.29, 0.717) is 36.4 Å². The predicted molar refractivity (Wildman–Crippen MR) is 112 cm³/mol. The van der Waals surface area contributed by atoms with Gasteiger partial charge in [-0.3, -0.25) is 14.4 Å². The van der Waals surface area contributed by atoms with E-state index in [1.807, 2.05) is 6.92 Å². The number of aromatic nitrogens is 1. The van der Waals surface area contributed by atoms with E-state index in [2.05, 4.69) is 5.18 Å². The molecule has 162 valence electrons. The molecule has 1 aromatic heterocycles. The van der Waals surface area contributed by atoms with Crippen LogP contribution in [-0.2, 0) is 11.2 Å². The number of phenolic OH excluding ortho intramolecular Hbond substituents is 1. The van der Waals surface area contributed by atoms with Gasteiger partial charge in [0.25, 0.3) is 0 Å². The molecule has 9 heteroatoms. The Balaban J connectivity index is 1.65. The largest absolute Gasteiger partial charge is 0.504 e. The van der Waals surface area contributed by atoms with E-state index in [1.54, 1.807) is 21.6 Å². The number of pyridine rings is 1. The molecular weight excluding hydrogens is 402 g/mol. The van der Waals surface area contributed by atoms with E-state index in [9.17, 15) is 24.4 Å². The molecular formula is C22H23N3O6. The minimum Gasteiger partial charge on any atom is -0.504 e. The van der Waals surface area contributed by atoms with Crippen molar-refractivity contribution in [2.75, 3.05) is 19.7 Å². The molecule has 0 radical (unpaired) electrons. The maximum absolute atomic E-state index is 12.4. The Bertz CT molecular complexity index is 1120. The first kappa shape index (κ1) is 20.8. The van der Waals surface area contributed by atoms with Crippen molar-refractivity contribution in [1.29, 1.82) is 0 Å². The van der Waals surface area contributed by atoms with Gasteiger partial charge in [0.1, 0.15) is 12.2 Å². The van der Waals surface area contributed by atoms with Gasteiger partial charge in [-0.05, 0) is 37.0 Å². The summed E-state index contributed by atoms with van der Waals surface area (Å²) in [5.41, 5.74) is 1.28. The lowest BCUT2D eigenvalue weighted by Gasteiger charge is -2.30. The molecule has 1 atom stereocenters. The number of hydrogen-bond donors (Lipinski definition) is 1. The summed E-state index contributed by atoms with van der Waals surface area (Å²) in [6.45, 7) is 3.45. The fourth-order valence-corrected chi connectivity index (χ4v) is 4.31. The van der Waals surface area contributed by atoms with E-state index in [-0.39, 0.29) is 29.9 Å². The van der Waals surface area contributed by atoms with Crippen LogP contribution in [0, 0.1) is 4.91 Å². The maximum atomic E-state index is 12.4. The molecule has 1 fully saturated rings. The number of hydrogen-bond acceptors (Lipinski definition) is 6. The summed E-state index contributed by atoms with van der Waals surface area (Å²) in [6.07, 6.45) is 4.14. The molecule has 0 bridgehead atoms. The van der Waals surface area contributed by atoms with Crippen molar-refractivity contribution in [2.45, 2.75) is 38.6 Å². The van der Waals surface area contributed by atoms with Crippen molar-refractivity contribution < 1.29 is 19.4 Å². The van der Waals surface area contributed by atoms with Crippen LogP contribution in [0.3, 0.4) is 0 Å². The summed E-state index contributed by atoms with van der Waals surface area (Å²) < 4.78 is 7.55. The van der Waals surface area contributed by atoms with Crippen LogP contribution in [0.2, 0.25) is 0 Å². The fraction of sp³-hybridized carbons (Fsp3) is 0.409. The van der Waals surface area contributed by atoms with Crippen molar-refractivity contribution in [3.8, 4) is 22.8 Å². The third-order valence-corrected chi connectivity index (χ3v) is 5.96. The highest BCUT2D eigenvalue weighted by Gasteiger charge is 2.27. The zero-order valence-electron chi connectivity index (χ0n) is 17.2. The summed E-state index contributed by atoms with van der Waals surface area (Å²) in [6, 6.07) is 4.57. The number of phenols is 1. The molecule has 2 amide bonds. The molecule has 2 aliphatic heterocycles. The number of ether oxygens (including phenoxy) is 1. The van der Waals surface area contributed by atoms with E-state index in [0.717, 1.165) is 24.9 Å². The molecule has 9 nitrogen and oxygen atoms in total. The van der Waals surface area contributed by atoms with E-state index in [1.165, 1.54) is 12.3 Å². The van der Waals surface area contributed by atoms with E-state index < -0.39 is 11.3 Å². The van der Waals surface area contributed by atoms with Gasteiger partial charge >= 0.3 is 5.91 Å². The second-order valence-electron chi connectivity index (χ2n) is 7.82. The van der Waals surface area contributed by atoms with Gasteiger partial charge in [-0.2, -0.15) is 0 Å². The number of likely N-dealkylation sites (tertiary alicyclic amines) is 1. The lowest BCUT2D eigenvalue weighted by molar-refractivity contribution is -0.128. The van der Waals surface area contributed by atoms with Gasteiger partial charge in [-0.15, -0.1) is 4.91 Å². The molecule has 1 saturated heterocycles. The van der Waals surface area contributed by atoms with Gasteiger partial charge in [0.05, 0.1) is 12.2 Å². The Morgan fingerprint density at radius 1 is 1.29 bits per heavy atom. The number of amides is 2. The first-order chi connectivity index (χ1) is 14.9. The van der Waals surface area contributed by atoms with Crippen molar-refractivity contribution >= 4 is 11.8 Å². The minimum atomic E-state index is -1.09. The SMILES string of the molecule is CCC1Cc2cc(OCCN3CCCC3=O)c(O)cc2-c2cc(=O)c(C(=O)N=O)cn21. The number of carbonyl (C=O) groups excluding carboxylic acids is 2. The number of nitrogens with zero attached hydrogens (tertiary/aromatic N) is 3. The average molecular weight is 425 g/mol. The number of aromatic hydroxyl groups is 1. The van der Waals surface area contributed by atoms with Crippen LogP contribution < -0.4 is 10.2 Å². The normalized spacial score (nSPS) is 17.3. The number of rotatable bonds is 6. The molecule has 2 aliphatic rings. The Morgan fingerprint density at radius 2 is 2.10 bits per heavy atom. The molecule has 3 heterocycles. The van der Waals surface area contributed by atoms with Crippen LogP contribution in [-0.4, -0.2) is 46.1 Å². The first-order valence-electron chi connectivity index (χ1n) is 10.3. The third-order valence-electron chi connectivity index (χ3n) is 5.96. The summed E-state index contributed by atoms with van der Waals surface area (Å²) >= 11 is 0. The minimum absolute atomic E-state index is 0.0408. The second-order valence-corrected chi connectivity index (χ2v) is 7.82. The Hall–Kier alpha value is -3.49. The van der Waals surface area contributed by atoms with E-state index >= 15 is 0 Å². The Morgan fingerprint density at radius 3 is 2.77 bits per heavy atom. The monoisotopic (exact) mass is 425 g/mol. The van der Waals surface area contributed by atoms with Gasteiger partial charge in [0, 0.05) is 42.0 Å². The number of benzene rings is 1. The average Bonchev–Trinajstić information content (AvgIpc) is 3.17. The zero-order chi connectivity index (χ0) is 22.1. The molecule has 1 aromatic carbocycles. The van der Waals surface area contributed by atoms with Crippen molar-refractivity contribution in [1.82, 2.24) is 9.47 Å². The van der Waals surface area contributed by atoms with Crippen LogP contribution in [0.15, 0.2) is 34.4 Å². The topological polar surface area (TPSA) is 118 Å². The van der Waals surface area contributed by atoms with Crippen LogP contribution in [0.25, 0.3) is 11.3 Å². The summed E-state index contributed by atoms with van der Waals surface area (Å²) in [4.78, 5) is 48.2. The Labute approximate surface area is 178 Å². The van der Waals surface area contributed by atoms with Gasteiger partial charge in [-0.25, -0.2) is 0 Å². The van der Waals surface area contributed by atoms with Crippen LogP contribution in [0.1, 0.15) is 48.1 Å². The van der Waals surface area contributed by atoms with Crippen molar-refractivity contribution in [3.05, 3.63) is 50.7 Å². The maximum Gasteiger partial charge on any atom is 0.322 e. The predicted octanol–water partition coefficient (Wildman–Crippen LogP) is 2.64. The summed E-state index contributed by atoms with van der Waals surface area (Å²) in [7, 11) is 0. The molecule has 2 aromatic rings. The van der Waals surface area contributed by atoms with Crippen LogP contribution in [0.5, 0.6) is 11.5 Å². The van der Waals surface area contributed by atoms with Crippen LogP contribution in [0.4, 0.5) is 0 Å². The molecule has 4 rings (SSSR count). The van der Waals surface area contributed by atoms with E-state index in [4.69, 9.17) is 4.74 Å². The first-order valence-corrected chi connectivity index (χ1v) is 10.3. The van der Waals surface area contributed by atoms with Gasteiger partial charge in [-0.1, -0.05) is 6.92 Å². The lowest BCUT2D eigenvalue weighted by atomic mass is 9.90. The highest BCUT2D eigenvalue weighted by Crippen LogP contribution is 2.41. The third kappa shape index (κ3) is 3.83. The molecule has 31 heavy (non-hydrogen) atoms. The Kier molecular flexibility index (Phi) is 5.58. The van der Waals surface area contributed by atoms with Gasteiger partial charge in [0.2, 0.25) is 5.91 Å². The number of fused-ring (bicyclic) bond motifs is 3. The van der Waals surface area contributed by atoms with Gasteiger partial charge in [0.15, 0.2) is 16.9 Å². The summed E-state index contributed by atoms with van der Waals surface area (Å²) in [5.74, 6) is -0.721. The van der Waals surface area contributed by atoms with Crippen molar-refractivity contribution in [3.63, 3.8) is 0 Å². The van der Waals surface area contributed by atoms with Gasteiger partial charge < -0.3 is 19.3 Å². The second kappa shape index (κ2) is 8.33. The zero-order valence-corrected chi connectivity index (χ0v) is 17.2.